The smallest absolute Gasteiger partial charge is 0.248 e. The van der Waals surface area contributed by atoms with Crippen molar-refractivity contribution < 1.29 is 9.53 Å². The summed E-state index contributed by atoms with van der Waals surface area (Å²) in [5, 5.41) is 0. The van der Waals surface area contributed by atoms with Crippen LogP contribution in [-0.4, -0.2) is 13.0 Å². The van der Waals surface area contributed by atoms with Crippen molar-refractivity contribution in [3.05, 3.63) is 64.7 Å². The zero-order chi connectivity index (χ0) is 15.2. The number of nitrogens with two attached hydrogens (primary N) is 1. The molecule has 0 aliphatic rings. The number of rotatable bonds is 5. The molecule has 0 fully saturated rings. The van der Waals surface area contributed by atoms with Crippen LogP contribution < -0.4 is 10.5 Å². The molecule has 21 heavy (non-hydrogen) atoms. The Kier molecular flexibility index (Phi) is 4.77. The van der Waals surface area contributed by atoms with Gasteiger partial charge in [0.25, 0.3) is 0 Å². The van der Waals surface area contributed by atoms with Crippen molar-refractivity contribution in [3.8, 4) is 5.75 Å². The van der Waals surface area contributed by atoms with Gasteiger partial charge in [0.15, 0.2) is 0 Å². The van der Waals surface area contributed by atoms with E-state index in [4.69, 9.17) is 10.5 Å². The van der Waals surface area contributed by atoms with E-state index < -0.39 is 5.91 Å². The van der Waals surface area contributed by atoms with Crippen LogP contribution in [0.3, 0.4) is 0 Å². The van der Waals surface area contributed by atoms with Crippen molar-refractivity contribution in [2.24, 2.45) is 5.73 Å². The molecule has 0 bridgehead atoms. The maximum atomic E-state index is 11.3. The molecule has 2 aromatic carbocycles. The zero-order valence-electron chi connectivity index (χ0n) is 12.3. The molecule has 2 rings (SSSR count). The van der Waals surface area contributed by atoms with Crippen molar-refractivity contribution in [1.82, 2.24) is 0 Å². The van der Waals surface area contributed by atoms with Crippen LogP contribution in [-0.2, 0) is 6.42 Å². The van der Waals surface area contributed by atoms with Crippen LogP contribution >= 0.6 is 0 Å². The lowest BCUT2D eigenvalue weighted by Gasteiger charge is -2.06. The number of ether oxygens (including phenoxy) is 1. The summed E-state index contributed by atoms with van der Waals surface area (Å²) < 4.78 is 5.30. The number of carbonyl (C=O) groups is 1. The lowest BCUT2D eigenvalue weighted by atomic mass is 10.1. The van der Waals surface area contributed by atoms with Gasteiger partial charge in [-0.25, -0.2) is 0 Å². The van der Waals surface area contributed by atoms with E-state index in [0.29, 0.717) is 11.3 Å². The summed E-state index contributed by atoms with van der Waals surface area (Å²) in [7, 11) is 1.60. The molecule has 0 aliphatic heterocycles. The third-order valence-corrected chi connectivity index (χ3v) is 3.36. The average Bonchev–Trinajstić information content (AvgIpc) is 2.53. The molecule has 108 valence electrons. The summed E-state index contributed by atoms with van der Waals surface area (Å²) in [5.74, 6) is 0.265. The van der Waals surface area contributed by atoms with Gasteiger partial charge in [-0.2, -0.15) is 0 Å². The lowest BCUT2D eigenvalue weighted by molar-refractivity contribution is 0.1000. The van der Waals surface area contributed by atoms with Crippen molar-refractivity contribution in [2.75, 3.05) is 7.11 Å². The zero-order valence-corrected chi connectivity index (χ0v) is 12.3. The minimum absolute atomic E-state index is 0.445. The van der Waals surface area contributed by atoms with E-state index in [1.807, 2.05) is 12.2 Å². The molecule has 0 unspecified atom stereocenters. The maximum absolute atomic E-state index is 11.3. The van der Waals surface area contributed by atoms with Crippen LogP contribution in [0.25, 0.3) is 12.2 Å². The van der Waals surface area contributed by atoms with Crippen molar-refractivity contribution in [2.45, 2.75) is 13.3 Å². The number of benzene rings is 2. The first-order valence-electron chi connectivity index (χ1n) is 6.89. The maximum Gasteiger partial charge on any atom is 0.248 e. The highest BCUT2D eigenvalue weighted by molar-refractivity contribution is 5.94. The van der Waals surface area contributed by atoms with Crippen LogP contribution in [0.4, 0.5) is 0 Å². The number of amides is 1. The molecule has 3 nitrogen and oxygen atoms in total. The first-order chi connectivity index (χ1) is 10.1. The van der Waals surface area contributed by atoms with E-state index in [1.54, 1.807) is 25.3 Å². The fourth-order valence-electron chi connectivity index (χ4n) is 2.07. The van der Waals surface area contributed by atoms with Gasteiger partial charge in [-0.1, -0.05) is 43.3 Å². The quantitative estimate of drug-likeness (QED) is 0.852. The van der Waals surface area contributed by atoms with Gasteiger partial charge >= 0.3 is 0 Å². The molecule has 2 N–H and O–H groups in total. The van der Waals surface area contributed by atoms with E-state index in [9.17, 15) is 4.79 Å². The number of aryl methyl sites for hydroxylation is 1. The molecule has 0 radical (unpaired) electrons. The number of primary amides is 1. The SMILES string of the molecule is CCc1ccc(/C=C/c2cc(C(N)=O)ccc2OC)cc1. The van der Waals surface area contributed by atoms with Gasteiger partial charge in [-0.3, -0.25) is 4.79 Å². The molecule has 1 amide bonds. The van der Waals surface area contributed by atoms with Crippen LogP contribution in [0, 0.1) is 0 Å². The highest BCUT2D eigenvalue weighted by Crippen LogP contribution is 2.22. The van der Waals surface area contributed by atoms with E-state index >= 15 is 0 Å². The number of carbonyl (C=O) groups excluding carboxylic acids is 1. The molecular weight excluding hydrogens is 262 g/mol. The Morgan fingerprint density at radius 1 is 1.14 bits per heavy atom. The molecule has 0 aromatic heterocycles. The van der Waals surface area contributed by atoms with E-state index in [1.165, 1.54) is 5.56 Å². The molecule has 0 saturated heterocycles. The van der Waals surface area contributed by atoms with Crippen LogP contribution in [0.2, 0.25) is 0 Å². The standard InChI is InChI=1S/C18H19NO2/c1-3-13-4-6-14(7-5-13)8-9-15-12-16(18(19)20)10-11-17(15)21-2/h4-12H,3H2,1-2H3,(H2,19,20)/b9-8+. The van der Waals surface area contributed by atoms with E-state index in [-0.39, 0.29) is 0 Å². The summed E-state index contributed by atoms with van der Waals surface area (Å²) in [6, 6.07) is 13.5. The third-order valence-electron chi connectivity index (χ3n) is 3.36. The molecule has 0 aliphatic carbocycles. The fourth-order valence-corrected chi connectivity index (χ4v) is 2.07. The van der Waals surface area contributed by atoms with Gasteiger partial charge < -0.3 is 10.5 Å². The molecular formula is C18H19NO2. The van der Waals surface area contributed by atoms with Crippen molar-refractivity contribution in [1.29, 1.82) is 0 Å². The minimum atomic E-state index is -0.445. The van der Waals surface area contributed by atoms with Gasteiger partial charge in [0.2, 0.25) is 5.91 Å². The highest BCUT2D eigenvalue weighted by atomic mass is 16.5. The van der Waals surface area contributed by atoms with Crippen molar-refractivity contribution >= 4 is 18.1 Å². The van der Waals surface area contributed by atoms with Crippen LogP contribution in [0.5, 0.6) is 5.75 Å². The molecule has 0 atom stereocenters. The van der Waals surface area contributed by atoms with Crippen molar-refractivity contribution in [3.63, 3.8) is 0 Å². The predicted octanol–water partition coefficient (Wildman–Crippen LogP) is 3.53. The van der Waals surface area contributed by atoms with E-state index in [0.717, 1.165) is 17.5 Å². The second kappa shape index (κ2) is 6.75. The summed E-state index contributed by atoms with van der Waals surface area (Å²) in [6.45, 7) is 2.13. The third kappa shape index (κ3) is 3.72. The second-order valence-electron chi connectivity index (χ2n) is 4.75. The average molecular weight is 281 g/mol. The first kappa shape index (κ1) is 14.9. The number of hydrogen-bond donors (Lipinski definition) is 1. The Labute approximate surface area is 125 Å². The summed E-state index contributed by atoms with van der Waals surface area (Å²) in [4.78, 5) is 11.3. The first-order valence-corrected chi connectivity index (χ1v) is 6.89. The Balaban J connectivity index is 2.29. The molecule has 0 heterocycles. The Hall–Kier alpha value is -2.55. The second-order valence-corrected chi connectivity index (χ2v) is 4.75. The Morgan fingerprint density at radius 2 is 1.86 bits per heavy atom. The van der Waals surface area contributed by atoms with Gasteiger partial charge in [-0.15, -0.1) is 0 Å². The normalized spacial score (nSPS) is 10.8. The monoisotopic (exact) mass is 281 g/mol. The largest absolute Gasteiger partial charge is 0.496 e. The fraction of sp³-hybridized carbons (Fsp3) is 0.167. The molecule has 0 saturated carbocycles. The summed E-state index contributed by atoms with van der Waals surface area (Å²) in [6.07, 6.45) is 4.94. The summed E-state index contributed by atoms with van der Waals surface area (Å²) in [5.41, 5.74) is 9.01. The van der Waals surface area contributed by atoms with Gasteiger partial charge in [0.1, 0.15) is 5.75 Å². The van der Waals surface area contributed by atoms with E-state index in [2.05, 4.69) is 31.2 Å². The molecule has 0 spiro atoms. The summed E-state index contributed by atoms with van der Waals surface area (Å²) >= 11 is 0. The Morgan fingerprint density at radius 3 is 2.43 bits per heavy atom. The topological polar surface area (TPSA) is 52.3 Å². The predicted molar refractivity (Wildman–Crippen MR) is 86.3 cm³/mol. The van der Waals surface area contributed by atoms with Crippen LogP contribution in [0.1, 0.15) is 34.0 Å². The molecule has 3 heteroatoms. The number of methoxy groups -OCH3 is 1. The van der Waals surface area contributed by atoms with Gasteiger partial charge in [-0.05, 0) is 35.7 Å². The highest BCUT2D eigenvalue weighted by Gasteiger charge is 2.05. The van der Waals surface area contributed by atoms with Gasteiger partial charge in [0.05, 0.1) is 7.11 Å². The van der Waals surface area contributed by atoms with Crippen LogP contribution in [0.15, 0.2) is 42.5 Å². The number of hydrogen-bond acceptors (Lipinski definition) is 2. The Bertz CT molecular complexity index is 657. The lowest BCUT2D eigenvalue weighted by Crippen LogP contribution is -2.10. The molecule has 2 aromatic rings. The minimum Gasteiger partial charge on any atom is -0.496 e. The van der Waals surface area contributed by atoms with Gasteiger partial charge in [0, 0.05) is 11.1 Å².